The number of carbonyl (C=O) groups is 1. The van der Waals surface area contributed by atoms with Gasteiger partial charge in [0.2, 0.25) is 5.91 Å². The van der Waals surface area contributed by atoms with Crippen LogP contribution in [0, 0.1) is 20.8 Å². The summed E-state index contributed by atoms with van der Waals surface area (Å²) in [6.45, 7) is 5.99. The molecule has 3 rings (SSSR count). The van der Waals surface area contributed by atoms with Crippen LogP contribution in [0.3, 0.4) is 0 Å². The second-order valence-electron chi connectivity index (χ2n) is 5.85. The summed E-state index contributed by atoms with van der Waals surface area (Å²) in [6, 6.07) is 7.87. The SMILES string of the molecule is Cc1ccc(CC(=O)Nc2nnc(-c3cc(C)n(C)n3)o2)cc1C. The van der Waals surface area contributed by atoms with E-state index in [-0.39, 0.29) is 24.2 Å². The van der Waals surface area contributed by atoms with Gasteiger partial charge in [0.25, 0.3) is 5.89 Å². The quantitative estimate of drug-likeness (QED) is 0.797. The largest absolute Gasteiger partial charge is 0.401 e. The van der Waals surface area contributed by atoms with E-state index in [0.717, 1.165) is 16.8 Å². The zero-order chi connectivity index (χ0) is 17.3. The van der Waals surface area contributed by atoms with Gasteiger partial charge in [0, 0.05) is 12.7 Å². The minimum absolute atomic E-state index is 0.0714. The lowest BCUT2D eigenvalue weighted by Gasteiger charge is -2.04. The van der Waals surface area contributed by atoms with Gasteiger partial charge in [-0.1, -0.05) is 23.3 Å². The zero-order valence-corrected chi connectivity index (χ0v) is 14.1. The number of nitrogens with zero attached hydrogens (tertiary/aromatic N) is 4. The summed E-state index contributed by atoms with van der Waals surface area (Å²) in [5, 5.41) is 14.7. The fourth-order valence-electron chi connectivity index (χ4n) is 2.30. The number of aromatic nitrogens is 4. The van der Waals surface area contributed by atoms with Gasteiger partial charge in [0.1, 0.15) is 5.69 Å². The number of amides is 1. The van der Waals surface area contributed by atoms with Crippen LogP contribution in [0.25, 0.3) is 11.6 Å². The van der Waals surface area contributed by atoms with Crippen molar-refractivity contribution in [3.05, 3.63) is 46.6 Å². The van der Waals surface area contributed by atoms with Crippen LogP contribution in [0.4, 0.5) is 6.01 Å². The van der Waals surface area contributed by atoms with Crippen molar-refractivity contribution in [2.24, 2.45) is 7.05 Å². The molecule has 0 fully saturated rings. The Bertz CT molecular complexity index is 875. The predicted octanol–water partition coefficient (Wildman–Crippen LogP) is 2.58. The first kappa shape index (κ1) is 15.9. The third kappa shape index (κ3) is 3.34. The Morgan fingerprint density at radius 1 is 1.17 bits per heavy atom. The van der Waals surface area contributed by atoms with Crippen molar-refractivity contribution in [3.63, 3.8) is 0 Å². The highest BCUT2D eigenvalue weighted by atomic mass is 16.4. The molecule has 0 saturated heterocycles. The summed E-state index contributed by atoms with van der Waals surface area (Å²) < 4.78 is 7.18. The smallest absolute Gasteiger partial charge is 0.322 e. The van der Waals surface area contributed by atoms with Crippen LogP contribution in [0.2, 0.25) is 0 Å². The summed E-state index contributed by atoms with van der Waals surface area (Å²) in [4.78, 5) is 12.1. The summed E-state index contributed by atoms with van der Waals surface area (Å²) in [7, 11) is 1.83. The van der Waals surface area contributed by atoms with E-state index < -0.39 is 0 Å². The predicted molar refractivity (Wildman–Crippen MR) is 89.5 cm³/mol. The molecule has 7 heteroatoms. The monoisotopic (exact) mass is 325 g/mol. The maximum atomic E-state index is 12.1. The van der Waals surface area contributed by atoms with Gasteiger partial charge in [-0.3, -0.25) is 14.8 Å². The first-order valence-corrected chi connectivity index (χ1v) is 7.63. The molecule has 1 aromatic carbocycles. The topological polar surface area (TPSA) is 85.8 Å². The number of hydrogen-bond acceptors (Lipinski definition) is 5. The average molecular weight is 325 g/mol. The van der Waals surface area contributed by atoms with Gasteiger partial charge in [0.05, 0.1) is 6.42 Å². The lowest BCUT2D eigenvalue weighted by Crippen LogP contribution is -2.14. The molecule has 3 aromatic rings. The third-order valence-electron chi connectivity index (χ3n) is 3.94. The standard InChI is InChI=1S/C17H19N5O2/c1-10-5-6-13(7-11(10)2)9-15(23)18-17-20-19-16(24-17)14-8-12(3)22(4)21-14/h5-8H,9H2,1-4H3,(H,18,20,23). The van der Waals surface area contributed by atoms with Crippen LogP contribution in [-0.4, -0.2) is 25.9 Å². The van der Waals surface area contributed by atoms with Crippen LogP contribution in [-0.2, 0) is 18.3 Å². The first-order chi connectivity index (χ1) is 11.4. The van der Waals surface area contributed by atoms with E-state index in [2.05, 4.69) is 20.6 Å². The Hall–Kier alpha value is -2.96. The molecular weight excluding hydrogens is 306 g/mol. The minimum atomic E-state index is -0.203. The zero-order valence-electron chi connectivity index (χ0n) is 14.1. The van der Waals surface area contributed by atoms with E-state index in [9.17, 15) is 4.79 Å². The molecule has 1 amide bonds. The molecule has 0 aliphatic rings. The summed E-state index contributed by atoms with van der Waals surface area (Å²) in [5.74, 6) is 0.0748. The van der Waals surface area contributed by atoms with Crippen molar-refractivity contribution < 1.29 is 9.21 Å². The van der Waals surface area contributed by atoms with E-state index in [1.807, 2.05) is 52.1 Å². The number of nitrogens with one attached hydrogen (secondary N) is 1. The van der Waals surface area contributed by atoms with Gasteiger partial charge in [-0.05, 0) is 43.5 Å². The van der Waals surface area contributed by atoms with Crippen LogP contribution in [0.1, 0.15) is 22.4 Å². The van der Waals surface area contributed by atoms with Crippen LogP contribution < -0.4 is 5.32 Å². The van der Waals surface area contributed by atoms with E-state index in [4.69, 9.17) is 4.42 Å². The Balaban J connectivity index is 1.67. The summed E-state index contributed by atoms with van der Waals surface area (Å²) in [6.07, 6.45) is 0.252. The summed E-state index contributed by atoms with van der Waals surface area (Å²) in [5.41, 5.74) is 4.86. The first-order valence-electron chi connectivity index (χ1n) is 7.63. The molecule has 0 aliphatic carbocycles. The van der Waals surface area contributed by atoms with Gasteiger partial charge in [-0.15, -0.1) is 5.10 Å². The molecule has 0 unspecified atom stereocenters. The maximum Gasteiger partial charge on any atom is 0.322 e. The second kappa shape index (κ2) is 6.27. The molecule has 2 aromatic heterocycles. The van der Waals surface area contributed by atoms with E-state index in [0.29, 0.717) is 5.69 Å². The molecule has 24 heavy (non-hydrogen) atoms. The Morgan fingerprint density at radius 2 is 1.96 bits per heavy atom. The fourth-order valence-corrected chi connectivity index (χ4v) is 2.30. The maximum absolute atomic E-state index is 12.1. The highest BCUT2D eigenvalue weighted by Crippen LogP contribution is 2.19. The molecule has 0 saturated carbocycles. The van der Waals surface area contributed by atoms with Crippen molar-refractivity contribution in [1.82, 2.24) is 20.0 Å². The van der Waals surface area contributed by atoms with Gasteiger partial charge < -0.3 is 4.42 Å². The second-order valence-corrected chi connectivity index (χ2v) is 5.85. The van der Waals surface area contributed by atoms with Gasteiger partial charge in [-0.2, -0.15) is 5.10 Å². The molecule has 0 atom stereocenters. The molecule has 1 N–H and O–H groups in total. The van der Waals surface area contributed by atoms with Gasteiger partial charge in [-0.25, -0.2) is 0 Å². The lowest BCUT2D eigenvalue weighted by molar-refractivity contribution is -0.115. The van der Waals surface area contributed by atoms with Crippen molar-refractivity contribution in [2.45, 2.75) is 27.2 Å². The fraction of sp³-hybridized carbons (Fsp3) is 0.294. The molecule has 0 spiro atoms. The van der Waals surface area contributed by atoms with Gasteiger partial charge >= 0.3 is 6.01 Å². The normalized spacial score (nSPS) is 10.8. The number of aryl methyl sites for hydroxylation is 4. The summed E-state index contributed by atoms with van der Waals surface area (Å²) >= 11 is 0. The Labute approximate surface area is 139 Å². The molecule has 0 radical (unpaired) electrons. The van der Waals surface area contributed by atoms with Crippen LogP contribution in [0.5, 0.6) is 0 Å². The Morgan fingerprint density at radius 3 is 2.62 bits per heavy atom. The van der Waals surface area contributed by atoms with Crippen molar-refractivity contribution in [1.29, 1.82) is 0 Å². The number of benzene rings is 1. The van der Waals surface area contributed by atoms with Crippen LogP contribution in [0.15, 0.2) is 28.7 Å². The van der Waals surface area contributed by atoms with E-state index in [1.165, 1.54) is 5.56 Å². The average Bonchev–Trinajstić information content (AvgIpc) is 3.10. The van der Waals surface area contributed by atoms with Gasteiger partial charge in [0.15, 0.2) is 0 Å². The highest BCUT2D eigenvalue weighted by Gasteiger charge is 2.14. The molecule has 124 valence electrons. The molecule has 7 nitrogen and oxygen atoms in total. The minimum Gasteiger partial charge on any atom is -0.401 e. The lowest BCUT2D eigenvalue weighted by atomic mass is 10.0. The third-order valence-corrected chi connectivity index (χ3v) is 3.94. The van der Waals surface area contributed by atoms with Crippen LogP contribution >= 0.6 is 0 Å². The number of anilines is 1. The molecule has 2 heterocycles. The molecule has 0 aliphatic heterocycles. The van der Waals surface area contributed by atoms with Crippen molar-refractivity contribution in [3.8, 4) is 11.6 Å². The van der Waals surface area contributed by atoms with Crippen molar-refractivity contribution in [2.75, 3.05) is 5.32 Å². The van der Waals surface area contributed by atoms with E-state index >= 15 is 0 Å². The molecular formula is C17H19N5O2. The number of carbonyl (C=O) groups excluding carboxylic acids is 1. The number of hydrogen-bond donors (Lipinski definition) is 1. The Kier molecular flexibility index (Phi) is 4.16. The van der Waals surface area contributed by atoms with E-state index in [1.54, 1.807) is 4.68 Å². The highest BCUT2D eigenvalue weighted by molar-refractivity contribution is 5.90. The number of rotatable bonds is 4. The van der Waals surface area contributed by atoms with Crippen molar-refractivity contribution >= 4 is 11.9 Å². The molecule has 0 bridgehead atoms.